The van der Waals surface area contributed by atoms with E-state index in [-0.39, 0.29) is 15.0 Å². The van der Waals surface area contributed by atoms with Gasteiger partial charge in [-0.25, -0.2) is 4.39 Å². The molecule has 7 heteroatoms. The summed E-state index contributed by atoms with van der Waals surface area (Å²) < 4.78 is 18.3. The van der Waals surface area contributed by atoms with E-state index in [1.807, 2.05) is 0 Å². The molecule has 17 heavy (non-hydrogen) atoms. The molecule has 0 fully saturated rings. The topological polar surface area (TPSA) is 52.4 Å². The number of ether oxygens (including phenoxy) is 1. The fraction of sp³-hybridized carbons (Fsp3) is 0.400. The maximum absolute atomic E-state index is 13.3. The predicted octanol–water partition coefficient (Wildman–Crippen LogP) is 3.45. The Morgan fingerprint density at radius 1 is 1.59 bits per heavy atom. The summed E-state index contributed by atoms with van der Waals surface area (Å²) in [5.74, 6) is -0.511. The lowest BCUT2D eigenvalue weighted by Gasteiger charge is -2.09. The number of halogens is 3. The molecule has 1 atom stereocenters. The van der Waals surface area contributed by atoms with E-state index in [1.165, 1.54) is 19.2 Å². The van der Waals surface area contributed by atoms with Crippen molar-refractivity contribution in [3.05, 3.63) is 38.1 Å². The molecule has 0 bridgehead atoms. The minimum absolute atomic E-state index is 0.0887. The Hall–Kier alpha value is -0.530. The van der Waals surface area contributed by atoms with Crippen LogP contribution in [0.3, 0.4) is 0 Å². The molecule has 0 aliphatic carbocycles. The van der Waals surface area contributed by atoms with Crippen LogP contribution in [0.4, 0.5) is 10.1 Å². The van der Waals surface area contributed by atoms with Crippen molar-refractivity contribution in [2.75, 3.05) is 13.7 Å². The van der Waals surface area contributed by atoms with Crippen LogP contribution in [0.5, 0.6) is 0 Å². The van der Waals surface area contributed by atoms with E-state index >= 15 is 0 Å². The third kappa shape index (κ3) is 4.01. The normalized spacial score (nSPS) is 12.5. The fourth-order valence-corrected chi connectivity index (χ4v) is 2.33. The molecule has 1 aromatic carbocycles. The number of benzene rings is 1. The number of hydrogen-bond donors (Lipinski definition) is 0. The molecule has 0 aliphatic rings. The fourth-order valence-electron chi connectivity index (χ4n) is 1.39. The average Bonchev–Trinajstić information content (AvgIpc) is 2.23. The van der Waals surface area contributed by atoms with Gasteiger partial charge in [-0.15, -0.1) is 0 Å². The molecule has 0 heterocycles. The highest BCUT2D eigenvalue weighted by atomic mass is 79.9. The zero-order chi connectivity index (χ0) is 13.0. The SMILES string of the molecule is COCC(Br)Cc1cc(F)c(Br)cc1[N+](=O)[O-]. The number of methoxy groups -OCH3 is 1. The van der Waals surface area contributed by atoms with Crippen LogP contribution in [0.25, 0.3) is 0 Å². The maximum Gasteiger partial charge on any atom is 0.273 e. The van der Waals surface area contributed by atoms with Crippen molar-refractivity contribution in [1.82, 2.24) is 0 Å². The lowest BCUT2D eigenvalue weighted by atomic mass is 10.1. The first-order chi connectivity index (χ1) is 7.95. The van der Waals surface area contributed by atoms with Crippen LogP contribution in [0.15, 0.2) is 16.6 Å². The van der Waals surface area contributed by atoms with Gasteiger partial charge in [0.25, 0.3) is 5.69 Å². The average molecular weight is 371 g/mol. The third-order valence-corrected chi connectivity index (χ3v) is 3.30. The van der Waals surface area contributed by atoms with E-state index in [0.29, 0.717) is 18.6 Å². The van der Waals surface area contributed by atoms with Crippen molar-refractivity contribution >= 4 is 37.5 Å². The molecule has 4 nitrogen and oxygen atoms in total. The summed E-state index contributed by atoms with van der Waals surface area (Å²) in [7, 11) is 1.53. The summed E-state index contributed by atoms with van der Waals surface area (Å²) in [5, 5.41) is 10.8. The molecule has 1 aromatic rings. The van der Waals surface area contributed by atoms with Crippen molar-refractivity contribution in [2.45, 2.75) is 11.2 Å². The lowest BCUT2D eigenvalue weighted by Crippen LogP contribution is -2.11. The molecule has 0 N–H and O–H groups in total. The standard InChI is InChI=1S/C10H10Br2FNO3/c1-17-5-7(11)2-6-3-9(13)8(12)4-10(6)14(15)16/h3-4,7H,2,5H2,1H3. The van der Waals surface area contributed by atoms with Gasteiger partial charge in [-0.1, -0.05) is 15.9 Å². The zero-order valence-corrected chi connectivity index (χ0v) is 12.1. The molecule has 0 radical (unpaired) electrons. The van der Waals surface area contributed by atoms with Crippen molar-refractivity contribution in [3.8, 4) is 0 Å². The van der Waals surface area contributed by atoms with Gasteiger partial charge in [0.2, 0.25) is 0 Å². The molecule has 1 rings (SSSR count). The van der Waals surface area contributed by atoms with E-state index in [9.17, 15) is 14.5 Å². The Morgan fingerprint density at radius 3 is 2.76 bits per heavy atom. The quantitative estimate of drug-likeness (QED) is 0.453. The molecular formula is C10H10Br2FNO3. The van der Waals surface area contributed by atoms with Gasteiger partial charge in [0.1, 0.15) is 5.82 Å². The summed E-state index contributed by atoms with van der Waals surface area (Å²) >= 11 is 6.25. The van der Waals surface area contributed by atoms with Crippen LogP contribution in [0, 0.1) is 15.9 Å². The van der Waals surface area contributed by atoms with E-state index in [4.69, 9.17) is 4.74 Å². The first-order valence-corrected chi connectivity index (χ1v) is 6.42. The Bertz CT molecular complexity index is 428. The smallest absolute Gasteiger partial charge is 0.273 e. The van der Waals surface area contributed by atoms with Crippen molar-refractivity contribution in [3.63, 3.8) is 0 Å². The molecule has 0 spiro atoms. The minimum Gasteiger partial charge on any atom is -0.384 e. The van der Waals surface area contributed by atoms with E-state index < -0.39 is 10.7 Å². The zero-order valence-electron chi connectivity index (χ0n) is 8.95. The molecule has 0 aromatic heterocycles. The number of nitrogens with zero attached hydrogens (tertiary/aromatic N) is 1. The van der Waals surface area contributed by atoms with Crippen LogP contribution in [0.2, 0.25) is 0 Å². The van der Waals surface area contributed by atoms with Gasteiger partial charge < -0.3 is 4.74 Å². The highest BCUT2D eigenvalue weighted by Crippen LogP contribution is 2.28. The first kappa shape index (κ1) is 14.5. The summed E-state index contributed by atoms with van der Waals surface area (Å²) in [6.07, 6.45) is 0.328. The van der Waals surface area contributed by atoms with Crippen molar-refractivity contribution in [1.29, 1.82) is 0 Å². The molecule has 0 amide bonds. The van der Waals surface area contributed by atoms with Crippen LogP contribution in [-0.2, 0) is 11.2 Å². The summed E-state index contributed by atoms with van der Waals surface area (Å²) in [4.78, 5) is 10.2. The maximum atomic E-state index is 13.3. The Labute approximate surface area is 115 Å². The molecule has 1 unspecified atom stereocenters. The Morgan fingerprint density at radius 2 is 2.24 bits per heavy atom. The Kier molecular flexibility index (Phi) is 5.48. The number of rotatable bonds is 5. The largest absolute Gasteiger partial charge is 0.384 e. The third-order valence-electron chi connectivity index (χ3n) is 2.11. The van der Waals surface area contributed by atoms with Gasteiger partial charge in [-0.2, -0.15) is 0 Å². The van der Waals surface area contributed by atoms with Gasteiger partial charge in [0.15, 0.2) is 0 Å². The summed E-state index contributed by atoms with van der Waals surface area (Å²) in [5.41, 5.74) is 0.244. The van der Waals surface area contributed by atoms with E-state index in [2.05, 4.69) is 31.9 Å². The predicted molar refractivity (Wildman–Crippen MR) is 69.0 cm³/mol. The van der Waals surface area contributed by atoms with Gasteiger partial charge in [-0.05, 0) is 28.4 Å². The molecule has 0 saturated heterocycles. The number of nitro groups is 1. The molecule has 94 valence electrons. The number of alkyl halides is 1. The first-order valence-electron chi connectivity index (χ1n) is 4.71. The van der Waals surface area contributed by atoms with Crippen LogP contribution in [0.1, 0.15) is 5.56 Å². The van der Waals surface area contributed by atoms with Gasteiger partial charge >= 0.3 is 0 Å². The van der Waals surface area contributed by atoms with Crippen LogP contribution < -0.4 is 0 Å². The number of nitro benzene ring substituents is 1. The molecule has 0 saturated carbocycles. The van der Waals surface area contributed by atoms with Crippen LogP contribution >= 0.6 is 31.9 Å². The van der Waals surface area contributed by atoms with Gasteiger partial charge in [-0.3, -0.25) is 10.1 Å². The number of hydrogen-bond acceptors (Lipinski definition) is 3. The van der Waals surface area contributed by atoms with Crippen molar-refractivity contribution < 1.29 is 14.1 Å². The highest BCUT2D eigenvalue weighted by molar-refractivity contribution is 9.10. The second-order valence-corrected chi connectivity index (χ2v) is 5.56. The minimum atomic E-state index is -0.522. The highest BCUT2D eigenvalue weighted by Gasteiger charge is 2.19. The van der Waals surface area contributed by atoms with E-state index in [0.717, 1.165) is 0 Å². The van der Waals surface area contributed by atoms with Crippen LogP contribution in [-0.4, -0.2) is 23.5 Å². The van der Waals surface area contributed by atoms with Gasteiger partial charge in [0.05, 0.1) is 16.0 Å². The van der Waals surface area contributed by atoms with Gasteiger partial charge in [0, 0.05) is 23.6 Å². The summed E-state index contributed by atoms with van der Waals surface area (Å²) in [6, 6.07) is 2.35. The van der Waals surface area contributed by atoms with Crippen molar-refractivity contribution in [2.24, 2.45) is 0 Å². The van der Waals surface area contributed by atoms with E-state index in [1.54, 1.807) is 0 Å². The summed E-state index contributed by atoms with van der Waals surface area (Å²) in [6.45, 7) is 0.398. The molecule has 0 aliphatic heterocycles. The second kappa shape index (κ2) is 6.42. The molecular weight excluding hydrogens is 361 g/mol. The monoisotopic (exact) mass is 369 g/mol. The second-order valence-electron chi connectivity index (χ2n) is 3.41. The Balaban J connectivity index is 3.04. The lowest BCUT2D eigenvalue weighted by molar-refractivity contribution is -0.385.